The molecule has 4 aromatic heterocycles. The molecule has 295 valence electrons. The third-order valence-corrected chi connectivity index (χ3v) is 11.6. The molecule has 1 radical (unpaired) electrons. The molecule has 0 unspecified atom stereocenters. The topological polar surface area (TPSA) is 89.4 Å². The number of pyridine rings is 2. The quantitative estimate of drug-likeness (QED) is 0.0791. The fraction of sp³-hybridized carbons (Fsp3) is 0.438. The number of ketones is 1. The molecule has 1 N–H and O–H groups in total. The molecule has 2 aromatic carbocycles. The van der Waals surface area contributed by atoms with Gasteiger partial charge in [-0.1, -0.05) is 117 Å². The van der Waals surface area contributed by atoms with Crippen molar-refractivity contribution in [2.45, 2.75) is 121 Å². The minimum atomic E-state index is -0.337. The van der Waals surface area contributed by atoms with E-state index in [9.17, 15) is 9.90 Å². The standard InChI is InChI=1S/C33H31N2O2.C15H28O2.Ir/c1-19(2)12-24-18-36-29-15-21(9-10-25(24)29)26-16-28(35-32-30(26)20(3)17-37-32)23-13-22-8-7-11-34-31(22)27(14-23)33(4,5)6;1-7-14(5,8-2)12(16)11-13(17)15(6,9-3)10-4;/h7-11,14-19H,12H2,1-6H3;11,16H,7-10H2,1-6H3;/q-1;;/b;12-11-;. The van der Waals surface area contributed by atoms with Crippen molar-refractivity contribution in [2.24, 2.45) is 16.7 Å². The average molecular weight is 920 g/mol. The van der Waals surface area contributed by atoms with Crippen molar-refractivity contribution >= 4 is 38.8 Å². The number of furan rings is 2. The second kappa shape index (κ2) is 17.4. The molecule has 0 aliphatic heterocycles. The molecular formula is C48H59IrN2O4-. The number of allylic oxidation sites excluding steroid dienone is 2. The van der Waals surface area contributed by atoms with E-state index in [2.05, 4.69) is 89.0 Å². The number of aliphatic hydroxyl groups is 1. The number of benzene rings is 2. The van der Waals surface area contributed by atoms with Crippen molar-refractivity contribution in [1.82, 2.24) is 9.97 Å². The van der Waals surface area contributed by atoms with Gasteiger partial charge in [0.05, 0.1) is 12.5 Å². The summed E-state index contributed by atoms with van der Waals surface area (Å²) in [6.07, 6.45) is 11.3. The summed E-state index contributed by atoms with van der Waals surface area (Å²) < 4.78 is 11.9. The zero-order valence-electron chi connectivity index (χ0n) is 34.9. The predicted octanol–water partition coefficient (Wildman–Crippen LogP) is 13.7. The first-order chi connectivity index (χ1) is 25.5. The summed E-state index contributed by atoms with van der Waals surface area (Å²) in [5.74, 6) is 0.858. The fourth-order valence-electron chi connectivity index (χ4n) is 6.91. The Labute approximate surface area is 341 Å². The molecule has 0 amide bonds. The molecule has 7 heteroatoms. The maximum Gasteiger partial charge on any atom is 0.219 e. The summed E-state index contributed by atoms with van der Waals surface area (Å²) in [6.45, 7) is 25.2. The van der Waals surface area contributed by atoms with E-state index in [4.69, 9.17) is 13.8 Å². The van der Waals surface area contributed by atoms with Gasteiger partial charge in [-0.15, -0.1) is 18.2 Å². The van der Waals surface area contributed by atoms with Crippen LogP contribution in [0.25, 0.3) is 55.4 Å². The molecule has 0 spiro atoms. The largest absolute Gasteiger partial charge is 0.512 e. The molecular weight excluding hydrogens is 861 g/mol. The van der Waals surface area contributed by atoms with E-state index in [1.165, 1.54) is 22.6 Å². The van der Waals surface area contributed by atoms with Gasteiger partial charge in [-0.2, -0.15) is 0 Å². The van der Waals surface area contributed by atoms with Gasteiger partial charge in [-0.05, 0) is 78.7 Å². The third kappa shape index (κ3) is 9.16. The van der Waals surface area contributed by atoms with Crippen LogP contribution in [0, 0.1) is 29.7 Å². The Morgan fingerprint density at radius 2 is 1.58 bits per heavy atom. The van der Waals surface area contributed by atoms with Crippen molar-refractivity contribution in [3.63, 3.8) is 0 Å². The van der Waals surface area contributed by atoms with Crippen LogP contribution in [0.15, 0.2) is 81.9 Å². The van der Waals surface area contributed by atoms with Crippen LogP contribution in [0.3, 0.4) is 0 Å². The first-order valence-electron chi connectivity index (χ1n) is 19.6. The van der Waals surface area contributed by atoms with E-state index in [1.807, 2.05) is 60.1 Å². The summed E-state index contributed by atoms with van der Waals surface area (Å²) in [5, 5.41) is 13.3. The molecule has 0 aliphatic carbocycles. The van der Waals surface area contributed by atoms with Crippen molar-refractivity contribution in [3.05, 3.63) is 95.8 Å². The second-order valence-electron chi connectivity index (χ2n) is 16.9. The number of fused-ring (bicyclic) bond motifs is 3. The van der Waals surface area contributed by atoms with Gasteiger partial charge in [0, 0.05) is 65.2 Å². The SMILES string of the molecule is CCC(C)(CC)C(=O)/C=C(\O)C(C)(CC)CC.Cc1coc2nc(-c3[c-]c4cccnc4c(C(C)(C)C)c3)cc(-c3ccc4c(CC(C)C)coc4c3)c12.[Ir]. The number of hydrogen-bond donors (Lipinski definition) is 1. The van der Waals surface area contributed by atoms with Crippen LogP contribution >= 0.6 is 0 Å². The zero-order chi connectivity index (χ0) is 39.6. The molecule has 0 aliphatic rings. The molecule has 0 bridgehead atoms. The Hall–Kier alpha value is -4.06. The third-order valence-electron chi connectivity index (χ3n) is 11.6. The monoisotopic (exact) mass is 920 g/mol. The van der Waals surface area contributed by atoms with Gasteiger partial charge in [-0.3, -0.25) is 14.8 Å². The summed E-state index contributed by atoms with van der Waals surface area (Å²) >= 11 is 0. The van der Waals surface area contributed by atoms with E-state index < -0.39 is 0 Å². The predicted molar refractivity (Wildman–Crippen MR) is 224 cm³/mol. The summed E-state index contributed by atoms with van der Waals surface area (Å²) in [6, 6.07) is 18.4. The molecule has 0 saturated carbocycles. The van der Waals surface area contributed by atoms with Crippen molar-refractivity contribution in [3.8, 4) is 22.4 Å². The molecule has 0 atom stereocenters. The minimum Gasteiger partial charge on any atom is -0.512 e. The zero-order valence-corrected chi connectivity index (χ0v) is 37.3. The maximum atomic E-state index is 12.2. The van der Waals surface area contributed by atoms with Crippen molar-refractivity contribution in [1.29, 1.82) is 0 Å². The first kappa shape index (κ1) is 43.7. The number of aliphatic hydroxyl groups excluding tert-OH is 1. The summed E-state index contributed by atoms with van der Waals surface area (Å²) in [4.78, 5) is 21.8. The molecule has 6 aromatic rings. The minimum absolute atomic E-state index is 0. The Kier molecular flexibility index (Phi) is 13.8. The number of aryl methyl sites for hydroxylation is 1. The van der Waals surface area contributed by atoms with E-state index in [0.717, 1.165) is 81.9 Å². The Morgan fingerprint density at radius 3 is 2.20 bits per heavy atom. The van der Waals surface area contributed by atoms with E-state index >= 15 is 0 Å². The summed E-state index contributed by atoms with van der Waals surface area (Å²) in [5.41, 5.74) is 9.23. The number of carbonyl (C=O) groups is 1. The van der Waals surface area contributed by atoms with Gasteiger partial charge in [0.15, 0.2) is 5.78 Å². The molecule has 4 heterocycles. The molecule has 0 fully saturated rings. The van der Waals surface area contributed by atoms with E-state index in [1.54, 1.807) is 6.26 Å². The number of hydrogen-bond acceptors (Lipinski definition) is 6. The van der Waals surface area contributed by atoms with Crippen LogP contribution in [0.4, 0.5) is 0 Å². The number of nitrogens with zero attached hydrogens (tertiary/aromatic N) is 2. The smallest absolute Gasteiger partial charge is 0.219 e. The Bertz CT molecular complexity index is 2290. The van der Waals surface area contributed by atoms with Crippen LogP contribution in [-0.4, -0.2) is 20.9 Å². The van der Waals surface area contributed by atoms with Crippen LogP contribution in [0.5, 0.6) is 0 Å². The number of aromatic nitrogens is 2. The Morgan fingerprint density at radius 1 is 0.909 bits per heavy atom. The van der Waals surface area contributed by atoms with E-state index in [0.29, 0.717) is 11.6 Å². The van der Waals surface area contributed by atoms with Crippen molar-refractivity contribution < 1.29 is 38.8 Å². The normalized spacial score (nSPS) is 12.6. The molecule has 55 heavy (non-hydrogen) atoms. The maximum absolute atomic E-state index is 12.2. The molecule has 6 nitrogen and oxygen atoms in total. The van der Waals surface area contributed by atoms with Gasteiger partial charge in [0.1, 0.15) is 11.3 Å². The van der Waals surface area contributed by atoms with E-state index in [-0.39, 0.29) is 47.9 Å². The first-order valence-corrected chi connectivity index (χ1v) is 19.6. The van der Waals surface area contributed by atoms with Gasteiger partial charge < -0.3 is 13.9 Å². The Balaban J connectivity index is 0.000000320. The second-order valence-corrected chi connectivity index (χ2v) is 16.9. The number of carbonyl (C=O) groups excluding carboxylic acids is 1. The van der Waals surface area contributed by atoms with Gasteiger partial charge in [0.25, 0.3) is 0 Å². The summed E-state index contributed by atoms with van der Waals surface area (Å²) in [7, 11) is 0. The van der Waals surface area contributed by atoms with Gasteiger partial charge in [0.2, 0.25) is 5.71 Å². The van der Waals surface area contributed by atoms with Crippen LogP contribution < -0.4 is 0 Å². The van der Waals surface area contributed by atoms with Crippen LogP contribution in [-0.2, 0) is 36.7 Å². The van der Waals surface area contributed by atoms with Crippen LogP contribution in [0.1, 0.15) is 119 Å². The molecule has 6 rings (SSSR count). The van der Waals surface area contributed by atoms with Gasteiger partial charge >= 0.3 is 0 Å². The number of rotatable bonds is 11. The van der Waals surface area contributed by atoms with Crippen LogP contribution in [0.2, 0.25) is 0 Å². The van der Waals surface area contributed by atoms with Gasteiger partial charge in [-0.25, -0.2) is 0 Å². The average Bonchev–Trinajstić information content (AvgIpc) is 3.74. The van der Waals surface area contributed by atoms with Crippen molar-refractivity contribution in [2.75, 3.05) is 0 Å². The fourth-order valence-corrected chi connectivity index (χ4v) is 6.91. The molecule has 0 saturated heterocycles.